The number of benzene rings is 6. The van der Waals surface area contributed by atoms with Gasteiger partial charge in [0.05, 0.1) is 0 Å². The molecular weight excluding hydrogens is 884 g/mol. The normalized spacial score (nSPS) is 20.9. The van der Waals surface area contributed by atoms with Crippen LogP contribution >= 0.6 is 0 Å². The van der Waals surface area contributed by atoms with Gasteiger partial charge in [0.25, 0.3) is 0 Å². The minimum absolute atomic E-state index is 0.00492. The SMILES string of the molecule is CCCCC1=CC(N(c2cccc(CCCC)c2)c2cc3c4c(c2)C(c2ccc(CCCC)cc2C2=CC=C=C=C2)c2c(ccc5oc6ccccc6c25)B4N2c4c-3cccc4C3(C)CCCCC23C)=CCC1. The zero-order valence-corrected chi connectivity index (χ0v) is 43.8. The summed E-state index contributed by atoms with van der Waals surface area (Å²) in [5, 5.41) is 2.44. The van der Waals surface area contributed by atoms with Crippen molar-refractivity contribution in [1.29, 1.82) is 0 Å². The Balaban J connectivity index is 1.17. The first-order valence-electron chi connectivity index (χ1n) is 28.2. The van der Waals surface area contributed by atoms with Crippen LogP contribution in [0.5, 0.6) is 0 Å². The van der Waals surface area contributed by atoms with E-state index >= 15 is 0 Å². The molecule has 4 heteroatoms. The minimum Gasteiger partial charge on any atom is -0.456 e. The Kier molecular flexibility index (Phi) is 11.6. The van der Waals surface area contributed by atoms with Crippen molar-refractivity contribution >= 4 is 62.3 Å². The van der Waals surface area contributed by atoms with Gasteiger partial charge >= 0.3 is 6.85 Å². The van der Waals surface area contributed by atoms with Crippen LogP contribution in [0, 0.1) is 0 Å². The van der Waals surface area contributed by atoms with Gasteiger partial charge in [-0.05, 0) is 193 Å². The van der Waals surface area contributed by atoms with Crippen molar-refractivity contribution in [2.24, 2.45) is 0 Å². The molecule has 0 spiro atoms. The number of fused-ring (bicyclic) bond motifs is 11. The first-order valence-corrected chi connectivity index (χ1v) is 28.2. The number of anilines is 3. The number of allylic oxidation sites excluding steroid dienone is 7. The average Bonchev–Trinajstić information content (AvgIpc) is 3.94. The number of para-hydroxylation sites is 2. The van der Waals surface area contributed by atoms with E-state index in [1.165, 1.54) is 151 Å². The predicted molar refractivity (Wildman–Crippen MR) is 310 cm³/mol. The first kappa shape index (κ1) is 46.1. The van der Waals surface area contributed by atoms with Crippen LogP contribution in [-0.2, 0) is 18.3 Å². The van der Waals surface area contributed by atoms with E-state index in [2.05, 4.69) is 189 Å². The van der Waals surface area contributed by atoms with Crippen LogP contribution in [-0.4, -0.2) is 12.4 Å². The summed E-state index contributed by atoms with van der Waals surface area (Å²) in [6, 6.07) is 43.3. The third-order valence-corrected chi connectivity index (χ3v) is 18.5. The van der Waals surface area contributed by atoms with Gasteiger partial charge in [-0.25, -0.2) is 0 Å². The molecule has 364 valence electrons. The van der Waals surface area contributed by atoms with Crippen LogP contribution < -0.4 is 20.6 Å². The molecule has 6 aromatic carbocycles. The zero-order chi connectivity index (χ0) is 49.4. The summed E-state index contributed by atoms with van der Waals surface area (Å²) < 4.78 is 6.95. The Morgan fingerprint density at radius 1 is 0.712 bits per heavy atom. The highest BCUT2D eigenvalue weighted by Gasteiger charge is 2.63. The van der Waals surface area contributed by atoms with Crippen LogP contribution in [0.1, 0.15) is 163 Å². The summed E-state index contributed by atoms with van der Waals surface area (Å²) in [5.74, 6) is -0.115. The summed E-state index contributed by atoms with van der Waals surface area (Å²) in [5.41, 5.74) is 31.8. The summed E-state index contributed by atoms with van der Waals surface area (Å²) in [4.78, 5) is 5.64. The third kappa shape index (κ3) is 7.23. The van der Waals surface area contributed by atoms with Gasteiger partial charge in [-0.1, -0.05) is 156 Å². The van der Waals surface area contributed by atoms with E-state index in [1.54, 1.807) is 5.57 Å². The lowest BCUT2D eigenvalue weighted by molar-refractivity contribution is 0.199. The van der Waals surface area contributed by atoms with E-state index < -0.39 is 0 Å². The zero-order valence-electron chi connectivity index (χ0n) is 43.8. The largest absolute Gasteiger partial charge is 0.456 e. The van der Waals surface area contributed by atoms with Crippen molar-refractivity contribution in [2.45, 2.75) is 148 Å². The van der Waals surface area contributed by atoms with Gasteiger partial charge in [0.15, 0.2) is 0 Å². The summed E-state index contributed by atoms with van der Waals surface area (Å²) >= 11 is 0. The number of hydrogen-bond acceptors (Lipinski definition) is 3. The van der Waals surface area contributed by atoms with E-state index in [0.717, 1.165) is 56.1 Å². The van der Waals surface area contributed by atoms with Crippen LogP contribution in [0.3, 0.4) is 0 Å². The van der Waals surface area contributed by atoms with E-state index in [0.29, 0.717) is 0 Å². The number of rotatable bonds is 14. The van der Waals surface area contributed by atoms with Crippen molar-refractivity contribution < 1.29 is 4.42 Å². The molecule has 0 N–H and O–H groups in total. The minimum atomic E-state index is -0.115. The maximum atomic E-state index is 6.95. The van der Waals surface area contributed by atoms with Crippen LogP contribution in [0.15, 0.2) is 167 Å². The molecule has 3 atom stereocenters. The molecule has 3 unspecified atom stereocenters. The van der Waals surface area contributed by atoms with Crippen molar-refractivity contribution in [3.63, 3.8) is 0 Å². The van der Waals surface area contributed by atoms with Gasteiger partial charge in [-0.2, -0.15) is 0 Å². The highest BCUT2D eigenvalue weighted by molar-refractivity contribution is 6.91. The summed E-state index contributed by atoms with van der Waals surface area (Å²) in [6.45, 7) is 12.2. The third-order valence-electron chi connectivity index (χ3n) is 18.5. The van der Waals surface area contributed by atoms with Crippen LogP contribution in [0.2, 0.25) is 0 Å². The highest BCUT2D eigenvalue weighted by Crippen LogP contribution is 2.63. The number of hydrogen-bond donors (Lipinski definition) is 0. The van der Waals surface area contributed by atoms with Crippen molar-refractivity contribution in [3.05, 3.63) is 201 Å². The van der Waals surface area contributed by atoms with E-state index in [-0.39, 0.29) is 23.7 Å². The molecule has 0 radical (unpaired) electrons. The highest BCUT2D eigenvalue weighted by atomic mass is 16.3. The van der Waals surface area contributed by atoms with Gasteiger partial charge < -0.3 is 14.1 Å². The van der Waals surface area contributed by atoms with Crippen molar-refractivity contribution in [2.75, 3.05) is 9.71 Å². The molecule has 3 aliphatic heterocycles. The molecule has 4 heterocycles. The molecule has 1 aromatic heterocycles. The first-order chi connectivity index (χ1) is 35.8. The van der Waals surface area contributed by atoms with E-state index in [9.17, 15) is 0 Å². The molecule has 1 saturated carbocycles. The smallest absolute Gasteiger partial charge is 0.325 e. The van der Waals surface area contributed by atoms with Crippen LogP contribution in [0.25, 0.3) is 38.6 Å². The van der Waals surface area contributed by atoms with Gasteiger partial charge in [0, 0.05) is 56.0 Å². The quantitative estimate of drug-likeness (QED) is 0.0800. The molecule has 73 heavy (non-hydrogen) atoms. The molecule has 6 aliphatic rings. The maximum absolute atomic E-state index is 6.95. The lowest BCUT2D eigenvalue weighted by atomic mass is 9.38. The molecule has 0 saturated heterocycles. The Labute approximate surface area is 434 Å². The van der Waals surface area contributed by atoms with E-state index in [1.807, 2.05) is 6.08 Å². The molecular formula is C69H69BN2O. The topological polar surface area (TPSA) is 19.6 Å². The molecule has 3 nitrogen and oxygen atoms in total. The number of aryl methyl sites for hydroxylation is 2. The standard InChI is InChI=1S/C69H69BN2O/c1-6-9-22-46-25-19-29-50(41-46)71(51-30-20-26-47(42-51)23-10-7-2)52-44-57-54-32-21-33-59-67(54)72(69(5)40-18-17-39-68(59,69)4)70-60-37-38-62-64(55-31-15-16-34-61(55)73-62)65(60)63(58(45-52)66(57)70)53-36-35-48(24-11-8-3)43-56(53)49-27-13-12-14-28-49/h13,15-16,19,21,25,27-38,41-45,63H,6-11,17-18,20,22-24,26,39-40H2,1-5H3. The summed E-state index contributed by atoms with van der Waals surface area (Å²) in [6.07, 6.45) is 29.0. The average molecular weight is 953 g/mol. The Morgan fingerprint density at radius 2 is 1.52 bits per heavy atom. The second-order valence-corrected chi connectivity index (χ2v) is 22.7. The van der Waals surface area contributed by atoms with Gasteiger partial charge in [0.1, 0.15) is 11.2 Å². The van der Waals surface area contributed by atoms with Gasteiger partial charge in [-0.3, -0.25) is 0 Å². The fraction of sp³-hybridized carbons (Fsp3) is 0.333. The molecule has 0 bridgehead atoms. The molecule has 13 rings (SSSR count). The molecule has 1 fully saturated rings. The van der Waals surface area contributed by atoms with Crippen LogP contribution in [0.4, 0.5) is 17.1 Å². The fourth-order valence-corrected chi connectivity index (χ4v) is 14.6. The Hall–Kier alpha value is -6.70. The second kappa shape index (κ2) is 18.4. The molecule has 3 aliphatic carbocycles. The van der Waals surface area contributed by atoms with Gasteiger partial charge in [-0.15, -0.1) is 0 Å². The van der Waals surface area contributed by atoms with Crippen molar-refractivity contribution in [1.82, 2.24) is 0 Å². The number of unbranched alkanes of at least 4 members (excludes halogenated alkanes) is 3. The molecule has 7 aromatic rings. The number of furan rings is 1. The van der Waals surface area contributed by atoms with Crippen molar-refractivity contribution in [3.8, 4) is 11.1 Å². The summed E-state index contributed by atoms with van der Waals surface area (Å²) in [7, 11) is 0. The lowest BCUT2D eigenvalue weighted by Gasteiger charge is -2.55. The second-order valence-electron chi connectivity index (χ2n) is 22.7. The lowest BCUT2D eigenvalue weighted by Crippen LogP contribution is -2.71. The van der Waals surface area contributed by atoms with Gasteiger partial charge in [0.2, 0.25) is 0 Å². The fourth-order valence-electron chi connectivity index (χ4n) is 14.6. The Bertz CT molecular complexity index is 3590. The predicted octanol–water partition coefficient (Wildman–Crippen LogP) is 17.2. The maximum Gasteiger partial charge on any atom is 0.325 e. The van der Waals surface area contributed by atoms with E-state index in [4.69, 9.17) is 4.42 Å². The molecule has 0 amide bonds. The number of nitrogens with zero attached hydrogens (tertiary/aromatic N) is 2. The Morgan fingerprint density at radius 3 is 2.36 bits per heavy atom. The monoisotopic (exact) mass is 953 g/mol.